The Labute approximate surface area is 205 Å². The Balaban J connectivity index is 0.000000636. The number of carbonyl (C=O) groups is 1. The molecule has 0 spiro atoms. The molecular formula is C31H39NO2. The van der Waals surface area contributed by atoms with E-state index in [9.17, 15) is 4.79 Å². The molecule has 2 saturated carbocycles. The fourth-order valence-electron chi connectivity index (χ4n) is 6.94. The van der Waals surface area contributed by atoms with Crippen molar-refractivity contribution in [2.24, 2.45) is 22.7 Å². The Kier molecular flexibility index (Phi) is 7.12. The van der Waals surface area contributed by atoms with E-state index < -0.39 is 0 Å². The summed E-state index contributed by atoms with van der Waals surface area (Å²) in [6.07, 6.45) is 21.6. The van der Waals surface area contributed by atoms with Gasteiger partial charge in [-0.3, -0.25) is 9.78 Å². The van der Waals surface area contributed by atoms with Crippen LogP contribution in [0.15, 0.2) is 79.2 Å². The van der Waals surface area contributed by atoms with Crippen LogP contribution in [0.2, 0.25) is 0 Å². The number of allylic oxidation sites excluding steroid dienone is 7. The predicted octanol–water partition coefficient (Wildman–Crippen LogP) is 7.64. The van der Waals surface area contributed by atoms with E-state index >= 15 is 0 Å². The number of ether oxygens (including phenoxy) is 1. The second-order valence-corrected chi connectivity index (χ2v) is 10.6. The van der Waals surface area contributed by atoms with E-state index in [4.69, 9.17) is 4.74 Å². The molecule has 4 aliphatic carbocycles. The molecule has 0 amide bonds. The molecule has 5 rings (SSSR count). The lowest BCUT2D eigenvalue weighted by atomic mass is 9.49. The first kappa shape index (κ1) is 24.4. The summed E-state index contributed by atoms with van der Waals surface area (Å²) < 4.78 is 5.71. The molecule has 0 N–H and O–H groups in total. The molecule has 0 aliphatic heterocycles. The fourth-order valence-corrected chi connectivity index (χ4v) is 6.94. The lowest BCUT2D eigenvalue weighted by Gasteiger charge is -2.56. The molecule has 1 aromatic heterocycles. The molecule has 0 aromatic carbocycles. The molecule has 4 aliphatic rings. The third kappa shape index (κ3) is 4.26. The number of hydrogen-bond donors (Lipinski definition) is 0. The van der Waals surface area contributed by atoms with E-state index in [2.05, 4.69) is 56.3 Å². The van der Waals surface area contributed by atoms with Crippen LogP contribution in [0.3, 0.4) is 0 Å². The summed E-state index contributed by atoms with van der Waals surface area (Å²) in [6.45, 7) is 13.5. The topological polar surface area (TPSA) is 39.2 Å². The highest BCUT2D eigenvalue weighted by atomic mass is 16.5. The molecule has 0 radical (unpaired) electrons. The molecule has 5 unspecified atom stereocenters. The van der Waals surface area contributed by atoms with Gasteiger partial charge in [-0.1, -0.05) is 81.5 Å². The molecule has 3 heteroatoms. The molecular weight excluding hydrogens is 418 g/mol. The molecule has 3 nitrogen and oxygen atoms in total. The van der Waals surface area contributed by atoms with Gasteiger partial charge >= 0.3 is 5.97 Å². The largest absolute Gasteiger partial charge is 0.462 e. The van der Waals surface area contributed by atoms with E-state index in [1.165, 1.54) is 24.0 Å². The van der Waals surface area contributed by atoms with Gasteiger partial charge in [-0.25, -0.2) is 0 Å². The maximum absolute atomic E-state index is 11.8. The van der Waals surface area contributed by atoms with Gasteiger partial charge < -0.3 is 4.74 Å². The highest BCUT2D eigenvalue weighted by Gasteiger charge is 2.54. The average molecular weight is 458 g/mol. The summed E-state index contributed by atoms with van der Waals surface area (Å²) in [5.41, 5.74) is 6.28. The normalized spacial score (nSPS) is 33.4. The van der Waals surface area contributed by atoms with Crippen LogP contribution >= 0.6 is 0 Å². The van der Waals surface area contributed by atoms with Crippen molar-refractivity contribution >= 4 is 11.5 Å². The van der Waals surface area contributed by atoms with Gasteiger partial charge in [0, 0.05) is 30.7 Å². The summed E-state index contributed by atoms with van der Waals surface area (Å²) in [7, 11) is 0. The van der Waals surface area contributed by atoms with Crippen LogP contribution in [0.5, 0.6) is 0 Å². The first-order valence-electron chi connectivity index (χ1n) is 12.8. The van der Waals surface area contributed by atoms with Crippen molar-refractivity contribution in [2.45, 2.75) is 71.8 Å². The second-order valence-electron chi connectivity index (χ2n) is 10.6. The predicted molar refractivity (Wildman–Crippen MR) is 140 cm³/mol. The third-order valence-electron chi connectivity index (χ3n) is 8.83. The first-order chi connectivity index (χ1) is 16.4. The minimum absolute atomic E-state index is 0.0589. The molecule has 5 atom stereocenters. The van der Waals surface area contributed by atoms with E-state index in [-0.39, 0.29) is 22.9 Å². The lowest BCUT2D eigenvalue weighted by molar-refractivity contribution is -0.150. The summed E-state index contributed by atoms with van der Waals surface area (Å²) in [5, 5.41) is 0. The number of carbonyl (C=O) groups excluding carboxylic acids is 1. The van der Waals surface area contributed by atoms with Crippen molar-refractivity contribution in [2.75, 3.05) is 0 Å². The highest BCUT2D eigenvalue weighted by molar-refractivity contribution is 5.78. The van der Waals surface area contributed by atoms with Crippen LogP contribution in [-0.2, 0) is 9.53 Å². The first-order valence-corrected chi connectivity index (χ1v) is 12.8. The average Bonchev–Trinajstić information content (AvgIpc) is 3.22. The zero-order valence-electron chi connectivity index (χ0n) is 21.1. The van der Waals surface area contributed by atoms with E-state index in [1.54, 1.807) is 23.3 Å². The zero-order chi connectivity index (χ0) is 24.3. The number of aromatic nitrogens is 1. The molecule has 1 aromatic rings. The fraction of sp³-hybridized carbons (Fsp3) is 0.484. The third-order valence-corrected chi connectivity index (χ3v) is 8.83. The van der Waals surface area contributed by atoms with Gasteiger partial charge in [0.1, 0.15) is 6.10 Å². The minimum atomic E-state index is -0.0589. The van der Waals surface area contributed by atoms with Gasteiger partial charge in [0.15, 0.2) is 0 Å². The lowest BCUT2D eigenvalue weighted by Crippen LogP contribution is -2.47. The summed E-state index contributed by atoms with van der Waals surface area (Å²) in [6, 6.07) is 4.25. The van der Waals surface area contributed by atoms with Gasteiger partial charge in [-0.2, -0.15) is 0 Å². The van der Waals surface area contributed by atoms with Gasteiger partial charge in [0.25, 0.3) is 0 Å². The van der Waals surface area contributed by atoms with Crippen LogP contribution in [-0.4, -0.2) is 17.1 Å². The van der Waals surface area contributed by atoms with Crippen LogP contribution in [0.25, 0.3) is 5.57 Å². The standard InChI is InChI=1S/C27H33NO2.C4H6/c1-4-25(29)30-20-11-13-26(2)19(16-20)7-8-21-23-10-9-22(18-6-5-15-28-17-18)27(23,3)14-12-24(21)26;1-3-4-2/h5-7,9-10,15,17,20-21,24H,4,8,11-14,16H2,1-3H3;3-4H,1-2H2. The van der Waals surface area contributed by atoms with Crippen LogP contribution < -0.4 is 0 Å². The van der Waals surface area contributed by atoms with Gasteiger partial charge in [-0.15, -0.1) is 0 Å². The van der Waals surface area contributed by atoms with Crippen LogP contribution in [0, 0.1) is 22.7 Å². The molecule has 1 heterocycles. The van der Waals surface area contributed by atoms with Crippen LogP contribution in [0.1, 0.15) is 71.3 Å². The molecule has 34 heavy (non-hydrogen) atoms. The molecule has 0 saturated heterocycles. The Bertz CT molecular complexity index is 1030. The van der Waals surface area contributed by atoms with Crippen molar-refractivity contribution in [1.82, 2.24) is 4.98 Å². The Morgan fingerprint density at radius 3 is 2.68 bits per heavy atom. The van der Waals surface area contributed by atoms with E-state index in [1.807, 2.05) is 25.4 Å². The van der Waals surface area contributed by atoms with Gasteiger partial charge in [-0.05, 0) is 66.6 Å². The zero-order valence-corrected chi connectivity index (χ0v) is 21.1. The van der Waals surface area contributed by atoms with E-state index in [0.29, 0.717) is 18.3 Å². The number of esters is 1. The number of fused-ring (bicyclic) bond motifs is 5. The summed E-state index contributed by atoms with van der Waals surface area (Å²) in [5.74, 6) is 1.26. The number of rotatable bonds is 4. The molecule has 2 fully saturated rings. The number of nitrogens with zero attached hydrogens (tertiary/aromatic N) is 1. The summed E-state index contributed by atoms with van der Waals surface area (Å²) in [4.78, 5) is 16.2. The highest BCUT2D eigenvalue weighted by Crippen LogP contribution is 2.64. The Morgan fingerprint density at radius 1 is 1.21 bits per heavy atom. The maximum Gasteiger partial charge on any atom is 0.305 e. The quantitative estimate of drug-likeness (QED) is 0.265. The van der Waals surface area contributed by atoms with Crippen molar-refractivity contribution < 1.29 is 9.53 Å². The van der Waals surface area contributed by atoms with Crippen molar-refractivity contribution in [1.29, 1.82) is 0 Å². The van der Waals surface area contributed by atoms with Crippen molar-refractivity contribution in [3.05, 3.63) is 84.8 Å². The second kappa shape index (κ2) is 9.90. The number of pyridine rings is 1. The SMILES string of the molecule is C=CC=C.CCC(=O)OC1CCC2(C)C(=CCC3C4=CC=C(c5cccnc5)C4(C)CCC32)C1. The minimum Gasteiger partial charge on any atom is -0.462 e. The summed E-state index contributed by atoms with van der Waals surface area (Å²) >= 11 is 0. The van der Waals surface area contributed by atoms with Crippen LogP contribution in [0.4, 0.5) is 0 Å². The maximum atomic E-state index is 11.8. The number of hydrogen-bond acceptors (Lipinski definition) is 3. The van der Waals surface area contributed by atoms with Gasteiger partial charge in [0.2, 0.25) is 0 Å². The van der Waals surface area contributed by atoms with Crippen molar-refractivity contribution in [3.63, 3.8) is 0 Å². The Morgan fingerprint density at radius 2 is 2.00 bits per heavy atom. The monoisotopic (exact) mass is 457 g/mol. The Hall–Kier alpha value is -2.68. The molecule has 0 bridgehead atoms. The van der Waals surface area contributed by atoms with Gasteiger partial charge in [0.05, 0.1) is 0 Å². The van der Waals surface area contributed by atoms with Crippen molar-refractivity contribution in [3.8, 4) is 0 Å². The van der Waals surface area contributed by atoms with E-state index in [0.717, 1.165) is 25.7 Å². The molecule has 180 valence electrons. The smallest absolute Gasteiger partial charge is 0.305 e.